The van der Waals surface area contributed by atoms with E-state index < -0.39 is 0 Å². The van der Waals surface area contributed by atoms with Gasteiger partial charge in [-0.25, -0.2) is 0 Å². The molecule has 3 unspecified atom stereocenters. The molecule has 112 valence electrons. The highest BCUT2D eigenvalue weighted by atomic mass is 14.8. The van der Waals surface area contributed by atoms with E-state index in [1.807, 2.05) is 0 Å². The molecule has 20 heavy (non-hydrogen) atoms. The van der Waals surface area contributed by atoms with Crippen molar-refractivity contribution in [1.82, 2.24) is 5.32 Å². The number of hydrogen-bond donors (Lipinski definition) is 1. The van der Waals surface area contributed by atoms with Crippen molar-refractivity contribution in [1.29, 1.82) is 0 Å². The van der Waals surface area contributed by atoms with Crippen LogP contribution < -0.4 is 5.32 Å². The molecule has 3 atom stereocenters. The van der Waals surface area contributed by atoms with E-state index in [1.54, 1.807) is 5.56 Å². The van der Waals surface area contributed by atoms with Crippen LogP contribution in [0.4, 0.5) is 0 Å². The molecule has 0 saturated heterocycles. The van der Waals surface area contributed by atoms with Gasteiger partial charge in [-0.1, -0.05) is 37.6 Å². The summed E-state index contributed by atoms with van der Waals surface area (Å²) < 4.78 is 0. The van der Waals surface area contributed by atoms with E-state index in [0.29, 0.717) is 0 Å². The normalized spacial score (nSPS) is 27.0. The summed E-state index contributed by atoms with van der Waals surface area (Å²) in [6, 6.07) is 6.99. The molecule has 0 spiro atoms. The Morgan fingerprint density at radius 3 is 2.60 bits per heavy atom. The Labute approximate surface area is 125 Å². The molecule has 0 heterocycles. The fraction of sp³-hybridized carbons (Fsp3) is 0.684. The lowest BCUT2D eigenvalue weighted by atomic mass is 9.67. The molecule has 0 aliphatic heterocycles. The van der Waals surface area contributed by atoms with Crippen molar-refractivity contribution < 1.29 is 0 Å². The fourth-order valence-corrected chi connectivity index (χ4v) is 3.92. The molecule has 1 saturated carbocycles. The molecule has 1 nitrogen and oxygen atoms in total. The molecule has 1 aliphatic carbocycles. The number of benzene rings is 1. The zero-order valence-corrected chi connectivity index (χ0v) is 13.9. The second-order valence-electron chi connectivity index (χ2n) is 7.10. The Balaban J connectivity index is 2.28. The van der Waals surface area contributed by atoms with Crippen molar-refractivity contribution in [3.05, 3.63) is 34.9 Å². The van der Waals surface area contributed by atoms with Gasteiger partial charge < -0.3 is 5.32 Å². The highest BCUT2D eigenvalue weighted by molar-refractivity contribution is 5.34. The minimum Gasteiger partial charge on any atom is -0.319 e. The quantitative estimate of drug-likeness (QED) is 0.840. The monoisotopic (exact) mass is 273 g/mol. The van der Waals surface area contributed by atoms with E-state index in [4.69, 9.17) is 0 Å². The molecule has 1 N–H and O–H groups in total. The number of rotatable bonds is 4. The predicted octanol–water partition coefficient (Wildman–Crippen LogP) is 4.68. The number of nitrogens with one attached hydrogen (secondary N) is 1. The van der Waals surface area contributed by atoms with E-state index in [0.717, 1.165) is 30.2 Å². The van der Waals surface area contributed by atoms with Gasteiger partial charge in [-0.15, -0.1) is 0 Å². The van der Waals surface area contributed by atoms with Gasteiger partial charge in [0.25, 0.3) is 0 Å². The maximum absolute atomic E-state index is 3.42. The molecule has 1 aromatic rings. The number of aryl methyl sites for hydroxylation is 2. The Hall–Kier alpha value is -0.820. The third-order valence-corrected chi connectivity index (χ3v) is 5.28. The van der Waals surface area contributed by atoms with Crippen LogP contribution in [0.15, 0.2) is 18.2 Å². The van der Waals surface area contributed by atoms with Crippen LogP contribution in [0.25, 0.3) is 0 Å². The van der Waals surface area contributed by atoms with Gasteiger partial charge in [0.05, 0.1) is 0 Å². The number of hydrogen-bond acceptors (Lipinski definition) is 1. The highest BCUT2D eigenvalue weighted by Crippen LogP contribution is 2.43. The molecule has 0 bridgehead atoms. The molecule has 2 rings (SSSR count). The topological polar surface area (TPSA) is 12.0 Å². The van der Waals surface area contributed by atoms with Crippen LogP contribution in [-0.4, -0.2) is 13.6 Å². The molecule has 0 amide bonds. The third-order valence-electron chi connectivity index (χ3n) is 5.28. The lowest BCUT2D eigenvalue weighted by molar-refractivity contribution is 0.192. The summed E-state index contributed by atoms with van der Waals surface area (Å²) in [5.41, 5.74) is 4.49. The Morgan fingerprint density at radius 2 is 1.95 bits per heavy atom. The van der Waals surface area contributed by atoms with Crippen LogP contribution in [-0.2, 0) is 0 Å². The smallest absolute Gasteiger partial charge is 0.00177 e. The first-order chi connectivity index (χ1) is 9.52. The second kappa shape index (κ2) is 6.76. The van der Waals surface area contributed by atoms with Crippen LogP contribution in [0.2, 0.25) is 0 Å². The van der Waals surface area contributed by atoms with Gasteiger partial charge in [0, 0.05) is 0 Å². The first-order valence-corrected chi connectivity index (χ1v) is 8.24. The summed E-state index contributed by atoms with van der Waals surface area (Å²) in [7, 11) is 2.09. The summed E-state index contributed by atoms with van der Waals surface area (Å²) in [5, 5.41) is 3.42. The van der Waals surface area contributed by atoms with Crippen molar-refractivity contribution >= 4 is 0 Å². The van der Waals surface area contributed by atoms with E-state index >= 15 is 0 Å². The minimum absolute atomic E-state index is 0.739. The summed E-state index contributed by atoms with van der Waals surface area (Å²) >= 11 is 0. The van der Waals surface area contributed by atoms with E-state index in [2.05, 4.69) is 58.3 Å². The fourth-order valence-electron chi connectivity index (χ4n) is 3.92. The standard InChI is InChI=1S/C19H31N/c1-13(2)16-8-9-17(12-20-5)19(11-16)18-10-14(3)6-7-15(18)4/h6-7,10,13,16-17,19-20H,8-9,11-12H2,1-5H3. The van der Waals surface area contributed by atoms with Gasteiger partial charge in [0.2, 0.25) is 0 Å². The molecule has 1 aromatic carbocycles. The molecule has 1 heteroatoms. The minimum atomic E-state index is 0.739. The predicted molar refractivity (Wildman–Crippen MR) is 88.3 cm³/mol. The lowest BCUT2D eigenvalue weighted by Gasteiger charge is -2.39. The van der Waals surface area contributed by atoms with Crippen molar-refractivity contribution in [3.8, 4) is 0 Å². The van der Waals surface area contributed by atoms with Crippen LogP contribution >= 0.6 is 0 Å². The summed E-state index contributed by atoms with van der Waals surface area (Å²) in [5.74, 6) is 3.25. The first-order valence-electron chi connectivity index (χ1n) is 8.24. The van der Waals surface area contributed by atoms with Crippen LogP contribution in [0.3, 0.4) is 0 Å². The average Bonchev–Trinajstić information content (AvgIpc) is 2.42. The first kappa shape index (κ1) is 15.6. The zero-order valence-electron chi connectivity index (χ0n) is 13.9. The van der Waals surface area contributed by atoms with Crippen molar-refractivity contribution in [2.45, 2.75) is 52.9 Å². The Bertz CT molecular complexity index is 435. The Morgan fingerprint density at radius 1 is 1.20 bits per heavy atom. The molecule has 0 radical (unpaired) electrons. The molecular formula is C19H31N. The summed E-state index contributed by atoms with van der Waals surface area (Å²) in [4.78, 5) is 0. The second-order valence-corrected chi connectivity index (χ2v) is 7.10. The lowest BCUT2D eigenvalue weighted by Crippen LogP contribution is -2.32. The van der Waals surface area contributed by atoms with Gasteiger partial charge in [-0.2, -0.15) is 0 Å². The van der Waals surface area contributed by atoms with Crippen LogP contribution in [0, 0.1) is 31.6 Å². The largest absolute Gasteiger partial charge is 0.319 e. The van der Waals surface area contributed by atoms with Crippen molar-refractivity contribution in [2.24, 2.45) is 17.8 Å². The van der Waals surface area contributed by atoms with Crippen molar-refractivity contribution in [2.75, 3.05) is 13.6 Å². The van der Waals surface area contributed by atoms with Gasteiger partial charge in [-0.05, 0) is 81.5 Å². The summed E-state index contributed by atoms with van der Waals surface area (Å²) in [6.07, 6.45) is 4.15. The maximum atomic E-state index is 3.42. The highest BCUT2D eigenvalue weighted by Gasteiger charge is 2.33. The van der Waals surface area contributed by atoms with E-state index in [-0.39, 0.29) is 0 Å². The van der Waals surface area contributed by atoms with Crippen molar-refractivity contribution in [3.63, 3.8) is 0 Å². The molecule has 1 fully saturated rings. The Kier molecular flexibility index (Phi) is 5.26. The van der Waals surface area contributed by atoms with Gasteiger partial charge in [-0.3, -0.25) is 0 Å². The average molecular weight is 273 g/mol. The van der Waals surface area contributed by atoms with Gasteiger partial charge in [0.15, 0.2) is 0 Å². The zero-order chi connectivity index (χ0) is 14.7. The van der Waals surface area contributed by atoms with E-state index in [1.165, 1.54) is 30.4 Å². The molecule has 1 aliphatic rings. The van der Waals surface area contributed by atoms with Gasteiger partial charge >= 0.3 is 0 Å². The van der Waals surface area contributed by atoms with Gasteiger partial charge in [0.1, 0.15) is 0 Å². The SMILES string of the molecule is CNCC1CCC(C(C)C)CC1c1cc(C)ccc1C. The van der Waals surface area contributed by atoms with Crippen LogP contribution in [0.5, 0.6) is 0 Å². The third kappa shape index (κ3) is 3.44. The molecular weight excluding hydrogens is 242 g/mol. The van der Waals surface area contributed by atoms with E-state index in [9.17, 15) is 0 Å². The maximum Gasteiger partial charge on any atom is -0.00177 e. The molecule has 0 aromatic heterocycles. The summed E-state index contributed by atoms with van der Waals surface area (Å²) in [6.45, 7) is 10.4. The van der Waals surface area contributed by atoms with Crippen LogP contribution in [0.1, 0.15) is 55.7 Å².